The van der Waals surface area contributed by atoms with Crippen LogP contribution in [0, 0.1) is 0 Å². The second-order valence-electron chi connectivity index (χ2n) is 3.29. The minimum absolute atomic E-state index is 0.381. The molecule has 0 radical (unpaired) electrons. The van der Waals surface area contributed by atoms with Gasteiger partial charge in [0.2, 0.25) is 0 Å². The largest absolute Gasteiger partial charge is 0.389 e. The van der Waals surface area contributed by atoms with Crippen LogP contribution in [0.2, 0.25) is 0 Å². The Morgan fingerprint density at radius 1 is 1.43 bits per heavy atom. The smallest absolute Gasteiger partial charge is 0.0698 e. The van der Waals surface area contributed by atoms with E-state index in [0.29, 0.717) is 0 Å². The molecule has 1 atom stereocenters. The topological polar surface area (TPSA) is 20.2 Å². The van der Waals surface area contributed by atoms with E-state index in [9.17, 15) is 5.11 Å². The molecule has 14 heavy (non-hydrogen) atoms. The molecule has 76 valence electrons. The fourth-order valence-corrected chi connectivity index (χ4v) is 1.64. The van der Waals surface area contributed by atoms with Crippen molar-refractivity contribution in [1.82, 2.24) is 0 Å². The maximum Gasteiger partial charge on any atom is 0.0698 e. The van der Waals surface area contributed by atoms with Gasteiger partial charge in [0.25, 0.3) is 0 Å². The lowest BCUT2D eigenvalue weighted by atomic mass is 10.0. The molecule has 0 aliphatic rings. The van der Waals surface area contributed by atoms with Crippen molar-refractivity contribution < 1.29 is 5.11 Å². The lowest BCUT2D eigenvalue weighted by Crippen LogP contribution is -1.95. The van der Waals surface area contributed by atoms with Crippen LogP contribution in [0.1, 0.15) is 25.8 Å². The SMILES string of the molecule is CC/C(=C/C(C)O)c1ccc(Br)cc1. The molecule has 0 saturated carbocycles. The Morgan fingerprint density at radius 2 is 2.00 bits per heavy atom. The van der Waals surface area contributed by atoms with Crippen LogP contribution in [-0.4, -0.2) is 11.2 Å². The van der Waals surface area contributed by atoms with E-state index in [1.807, 2.05) is 18.2 Å². The molecule has 0 amide bonds. The summed E-state index contributed by atoms with van der Waals surface area (Å²) in [5.74, 6) is 0. The average Bonchev–Trinajstić information content (AvgIpc) is 2.15. The molecule has 0 aromatic heterocycles. The number of benzene rings is 1. The van der Waals surface area contributed by atoms with Gasteiger partial charge in [-0.2, -0.15) is 0 Å². The summed E-state index contributed by atoms with van der Waals surface area (Å²) in [6.45, 7) is 3.87. The van der Waals surface area contributed by atoms with Gasteiger partial charge in [0.05, 0.1) is 6.10 Å². The molecule has 0 saturated heterocycles. The first-order chi connectivity index (χ1) is 6.63. The summed E-state index contributed by atoms with van der Waals surface area (Å²) < 4.78 is 1.08. The summed E-state index contributed by atoms with van der Waals surface area (Å²) in [5.41, 5.74) is 2.36. The van der Waals surface area contributed by atoms with Gasteiger partial charge in [-0.05, 0) is 36.6 Å². The molecule has 1 aromatic carbocycles. The van der Waals surface area contributed by atoms with E-state index < -0.39 is 0 Å². The number of aliphatic hydroxyl groups is 1. The Bertz CT molecular complexity index is 312. The highest BCUT2D eigenvalue weighted by Crippen LogP contribution is 2.20. The standard InChI is InChI=1S/C12H15BrO/c1-3-10(8-9(2)14)11-4-6-12(13)7-5-11/h4-9,14H,3H2,1-2H3/b10-8-. The van der Waals surface area contributed by atoms with Crippen molar-refractivity contribution >= 4 is 21.5 Å². The van der Waals surface area contributed by atoms with E-state index in [-0.39, 0.29) is 6.10 Å². The number of hydrogen-bond donors (Lipinski definition) is 1. The summed E-state index contributed by atoms with van der Waals surface area (Å²) in [7, 11) is 0. The quantitative estimate of drug-likeness (QED) is 0.874. The third-order valence-corrected chi connectivity index (χ3v) is 2.57. The number of halogens is 1. The number of hydrogen-bond acceptors (Lipinski definition) is 1. The van der Waals surface area contributed by atoms with Crippen molar-refractivity contribution in [3.8, 4) is 0 Å². The van der Waals surface area contributed by atoms with Crippen LogP contribution in [0.25, 0.3) is 5.57 Å². The van der Waals surface area contributed by atoms with Crippen molar-refractivity contribution in [2.45, 2.75) is 26.4 Å². The molecule has 1 nitrogen and oxygen atoms in total. The fraction of sp³-hybridized carbons (Fsp3) is 0.333. The lowest BCUT2D eigenvalue weighted by molar-refractivity contribution is 0.244. The van der Waals surface area contributed by atoms with Crippen molar-refractivity contribution in [3.63, 3.8) is 0 Å². The molecule has 2 heteroatoms. The first kappa shape index (κ1) is 11.5. The zero-order valence-corrected chi connectivity index (χ0v) is 10.1. The van der Waals surface area contributed by atoms with Gasteiger partial charge in [0, 0.05) is 4.47 Å². The number of aliphatic hydroxyl groups excluding tert-OH is 1. The van der Waals surface area contributed by atoms with E-state index in [1.54, 1.807) is 6.92 Å². The maximum absolute atomic E-state index is 9.28. The number of rotatable bonds is 3. The van der Waals surface area contributed by atoms with Gasteiger partial charge in [-0.1, -0.05) is 41.1 Å². The highest BCUT2D eigenvalue weighted by molar-refractivity contribution is 9.10. The fourth-order valence-electron chi connectivity index (χ4n) is 1.37. The molecule has 1 aromatic rings. The molecular weight excluding hydrogens is 240 g/mol. The first-order valence-electron chi connectivity index (χ1n) is 4.78. The van der Waals surface area contributed by atoms with Crippen molar-refractivity contribution in [1.29, 1.82) is 0 Å². The van der Waals surface area contributed by atoms with E-state index in [0.717, 1.165) is 10.9 Å². The molecule has 0 heterocycles. The summed E-state index contributed by atoms with van der Waals surface area (Å²) in [4.78, 5) is 0. The van der Waals surface area contributed by atoms with Crippen LogP contribution in [0.5, 0.6) is 0 Å². The maximum atomic E-state index is 9.28. The third kappa shape index (κ3) is 3.28. The normalized spacial score (nSPS) is 14.1. The minimum atomic E-state index is -0.381. The van der Waals surface area contributed by atoms with E-state index in [4.69, 9.17) is 0 Å². The van der Waals surface area contributed by atoms with E-state index in [1.165, 1.54) is 11.1 Å². The van der Waals surface area contributed by atoms with E-state index in [2.05, 4.69) is 35.0 Å². The average molecular weight is 255 g/mol. The number of allylic oxidation sites excluding steroid dienone is 1. The highest BCUT2D eigenvalue weighted by atomic mass is 79.9. The molecule has 0 aliphatic heterocycles. The van der Waals surface area contributed by atoms with Crippen LogP contribution in [0.15, 0.2) is 34.8 Å². The van der Waals surface area contributed by atoms with Gasteiger partial charge in [-0.3, -0.25) is 0 Å². The predicted octanol–water partition coefficient (Wildman–Crippen LogP) is 3.62. The Hall–Kier alpha value is -0.600. The van der Waals surface area contributed by atoms with Gasteiger partial charge in [-0.15, -0.1) is 0 Å². The molecule has 1 N–H and O–H groups in total. The molecule has 1 unspecified atom stereocenters. The molecule has 1 rings (SSSR count). The minimum Gasteiger partial charge on any atom is -0.389 e. The lowest BCUT2D eigenvalue weighted by Gasteiger charge is -2.06. The van der Waals surface area contributed by atoms with Gasteiger partial charge >= 0.3 is 0 Å². The van der Waals surface area contributed by atoms with E-state index >= 15 is 0 Å². The zero-order chi connectivity index (χ0) is 10.6. The van der Waals surface area contributed by atoms with Gasteiger partial charge in [0.15, 0.2) is 0 Å². The zero-order valence-electron chi connectivity index (χ0n) is 8.50. The van der Waals surface area contributed by atoms with Gasteiger partial charge < -0.3 is 5.11 Å². The summed E-state index contributed by atoms with van der Waals surface area (Å²) >= 11 is 3.40. The summed E-state index contributed by atoms with van der Waals surface area (Å²) in [6.07, 6.45) is 2.45. The highest BCUT2D eigenvalue weighted by Gasteiger charge is 2.00. The molecule has 0 bridgehead atoms. The Labute approximate surface area is 93.6 Å². The summed E-state index contributed by atoms with van der Waals surface area (Å²) in [5, 5.41) is 9.28. The monoisotopic (exact) mass is 254 g/mol. The van der Waals surface area contributed by atoms with Crippen LogP contribution in [-0.2, 0) is 0 Å². The first-order valence-corrected chi connectivity index (χ1v) is 5.57. The van der Waals surface area contributed by atoms with Crippen LogP contribution in [0.3, 0.4) is 0 Å². The van der Waals surface area contributed by atoms with Crippen LogP contribution >= 0.6 is 15.9 Å². The molecule has 0 fully saturated rings. The van der Waals surface area contributed by atoms with Crippen LogP contribution in [0.4, 0.5) is 0 Å². The van der Waals surface area contributed by atoms with Crippen LogP contribution < -0.4 is 0 Å². The van der Waals surface area contributed by atoms with Gasteiger partial charge in [0.1, 0.15) is 0 Å². The van der Waals surface area contributed by atoms with Gasteiger partial charge in [-0.25, -0.2) is 0 Å². The molecular formula is C12H15BrO. The second kappa shape index (κ2) is 5.32. The van der Waals surface area contributed by atoms with Crippen molar-refractivity contribution in [2.75, 3.05) is 0 Å². The Balaban J connectivity index is 2.95. The molecule has 0 spiro atoms. The van der Waals surface area contributed by atoms with Crippen molar-refractivity contribution in [3.05, 3.63) is 40.4 Å². The molecule has 0 aliphatic carbocycles. The Morgan fingerprint density at radius 3 is 2.43 bits per heavy atom. The second-order valence-corrected chi connectivity index (χ2v) is 4.21. The summed E-state index contributed by atoms with van der Waals surface area (Å²) in [6, 6.07) is 8.14. The van der Waals surface area contributed by atoms with Crippen molar-refractivity contribution in [2.24, 2.45) is 0 Å². The predicted molar refractivity (Wildman–Crippen MR) is 64.1 cm³/mol. The third-order valence-electron chi connectivity index (χ3n) is 2.04. The Kier molecular flexibility index (Phi) is 4.36.